The third kappa shape index (κ3) is 19.2. The van der Waals surface area contributed by atoms with E-state index in [0.29, 0.717) is 0 Å². The van der Waals surface area contributed by atoms with Crippen LogP contribution in [0.2, 0.25) is 0 Å². The highest BCUT2D eigenvalue weighted by molar-refractivity contribution is 5.71. The summed E-state index contributed by atoms with van der Waals surface area (Å²) in [7, 11) is 1.28. The number of hydrogen-bond acceptors (Lipinski definition) is 16. The van der Waals surface area contributed by atoms with Gasteiger partial charge in [-0.25, -0.2) is 0 Å². The fourth-order valence-electron chi connectivity index (χ4n) is 7.95. The van der Waals surface area contributed by atoms with Gasteiger partial charge in [0.2, 0.25) is 0 Å². The average Bonchev–Trinajstić information content (AvgIpc) is 3.20. The molecule has 17 atom stereocenters. The Morgan fingerprint density at radius 1 is 0.688 bits per heavy atom. The van der Waals surface area contributed by atoms with E-state index in [0.717, 1.165) is 0 Å². The number of aliphatic hydroxyl groups excluding tert-OH is 8. The van der Waals surface area contributed by atoms with Crippen LogP contribution in [0.5, 0.6) is 0 Å². The zero-order chi connectivity index (χ0) is 47.4. The number of carbonyl (C=O) groups excluding carboxylic acids is 1. The number of carboxylic acid groups (broad SMARTS) is 1. The molecule has 362 valence electrons. The number of cyclic esters (lactones) is 1. The van der Waals surface area contributed by atoms with Gasteiger partial charge in [0, 0.05) is 57.6 Å². The Kier molecular flexibility index (Phi) is 24.0. The molecule has 0 amide bonds. The summed E-state index contributed by atoms with van der Waals surface area (Å²) < 4.78 is 29.6. The third-order valence-corrected chi connectivity index (χ3v) is 11.6. The molecule has 3 rings (SSSR count). The lowest BCUT2D eigenvalue weighted by atomic mass is 9.82. The molecular weight excluding hydrogens is 835 g/mol. The van der Waals surface area contributed by atoms with Crippen molar-refractivity contribution in [1.29, 1.82) is 0 Å². The quantitative estimate of drug-likeness (QED) is 0.181. The van der Waals surface area contributed by atoms with Crippen molar-refractivity contribution in [2.75, 3.05) is 7.11 Å². The van der Waals surface area contributed by atoms with Crippen LogP contribution in [-0.2, 0) is 33.3 Å². The number of rotatable bonds is 4. The Morgan fingerprint density at radius 3 is 1.86 bits per heavy atom. The molecule has 11 N–H and O–H groups in total. The Labute approximate surface area is 376 Å². The first kappa shape index (κ1) is 54.9. The first-order valence-electron chi connectivity index (χ1n) is 22.2. The molecule has 0 radical (unpaired) electrons. The summed E-state index contributed by atoms with van der Waals surface area (Å²) in [5.74, 6) is -5.45. The Hall–Kier alpha value is -3.40. The molecule has 2 fully saturated rings. The Morgan fingerprint density at radius 2 is 1.28 bits per heavy atom. The van der Waals surface area contributed by atoms with Gasteiger partial charge in [0.05, 0.1) is 73.6 Å². The molecule has 0 spiro atoms. The van der Waals surface area contributed by atoms with Gasteiger partial charge in [-0.15, -0.1) is 0 Å². The number of fused-ring (bicyclic) bond motifs is 2. The fraction of sp³-hybridized carbons (Fsp3) is 0.660. The van der Waals surface area contributed by atoms with Gasteiger partial charge in [-0.3, -0.25) is 9.59 Å². The third-order valence-electron chi connectivity index (χ3n) is 11.6. The molecule has 2 saturated heterocycles. The number of carbonyl (C=O) groups is 2. The van der Waals surface area contributed by atoms with Gasteiger partial charge < -0.3 is 75.4 Å². The number of esters is 1. The first-order valence-corrected chi connectivity index (χ1v) is 22.2. The second-order valence-corrected chi connectivity index (χ2v) is 17.2. The lowest BCUT2D eigenvalue weighted by molar-refractivity contribution is -0.314. The number of aliphatic carboxylic acids is 1. The van der Waals surface area contributed by atoms with Gasteiger partial charge in [0.1, 0.15) is 12.0 Å². The average molecular weight is 908 g/mol. The van der Waals surface area contributed by atoms with Crippen molar-refractivity contribution < 1.29 is 79.2 Å². The van der Waals surface area contributed by atoms with Gasteiger partial charge in [-0.05, 0) is 33.1 Å². The van der Waals surface area contributed by atoms with E-state index in [4.69, 9.17) is 29.4 Å². The molecule has 3 aliphatic heterocycles. The number of nitrogens with two attached hydrogens (primary N) is 1. The molecule has 3 aliphatic rings. The molecule has 2 bridgehead atoms. The fourth-order valence-corrected chi connectivity index (χ4v) is 7.95. The van der Waals surface area contributed by atoms with Crippen LogP contribution < -0.4 is 5.73 Å². The van der Waals surface area contributed by atoms with Crippen LogP contribution in [-0.4, -0.2) is 156 Å². The zero-order valence-corrected chi connectivity index (χ0v) is 37.4. The number of ether oxygens (including phenoxy) is 5. The van der Waals surface area contributed by atoms with Crippen molar-refractivity contribution in [1.82, 2.24) is 0 Å². The highest BCUT2D eigenvalue weighted by Gasteiger charge is 2.51. The molecular formula is C47H73NO16. The van der Waals surface area contributed by atoms with Crippen molar-refractivity contribution in [2.45, 2.75) is 176 Å². The molecule has 0 aromatic carbocycles. The van der Waals surface area contributed by atoms with Crippen LogP contribution in [0.25, 0.3) is 0 Å². The topological polar surface area (TPSA) is 288 Å². The maximum atomic E-state index is 12.6. The summed E-state index contributed by atoms with van der Waals surface area (Å²) in [6.07, 6.45) is 9.18. The summed E-state index contributed by atoms with van der Waals surface area (Å²) in [4.78, 5) is 25.1. The van der Waals surface area contributed by atoms with E-state index in [1.54, 1.807) is 50.3 Å². The molecule has 64 heavy (non-hydrogen) atoms. The van der Waals surface area contributed by atoms with Gasteiger partial charge in [-0.1, -0.05) is 92.0 Å². The van der Waals surface area contributed by atoms with Crippen LogP contribution >= 0.6 is 0 Å². The zero-order valence-electron chi connectivity index (χ0n) is 37.4. The summed E-state index contributed by atoms with van der Waals surface area (Å²) in [5, 5.41) is 96.2. The number of aliphatic hydroxyl groups is 8. The van der Waals surface area contributed by atoms with Gasteiger partial charge in [-0.2, -0.15) is 0 Å². The van der Waals surface area contributed by atoms with Crippen molar-refractivity contribution in [3.05, 3.63) is 85.1 Å². The van der Waals surface area contributed by atoms with E-state index in [1.165, 1.54) is 7.11 Å². The molecule has 3 heterocycles. The van der Waals surface area contributed by atoms with E-state index in [2.05, 4.69) is 0 Å². The van der Waals surface area contributed by atoms with E-state index in [-0.39, 0.29) is 63.7 Å². The number of carboxylic acids is 1. The second kappa shape index (κ2) is 27.9. The molecule has 0 aromatic heterocycles. The lowest BCUT2D eigenvalue weighted by Crippen LogP contribution is -2.57. The number of allylic oxidation sites excluding steroid dienone is 12. The minimum Gasteiger partial charge on any atom is -0.481 e. The van der Waals surface area contributed by atoms with Gasteiger partial charge in [0.15, 0.2) is 12.1 Å². The Balaban J connectivity index is 1.85. The Bertz CT molecular complexity index is 1600. The SMILES string of the molecule is COC12CC(O)CC(O)C(O)CCC(O)CC(O)CC(=O)OC(C)CC(O)C(C)C=CC=CC=CC=CC=CC=CC=CC(OC3CC(N)C(O)C(C)O3)CC(O1)C(C(=O)O)C(O)C2. The predicted molar refractivity (Wildman–Crippen MR) is 236 cm³/mol. The van der Waals surface area contributed by atoms with Crippen LogP contribution in [0.1, 0.15) is 85.0 Å². The van der Waals surface area contributed by atoms with Crippen LogP contribution in [0.15, 0.2) is 85.1 Å². The van der Waals surface area contributed by atoms with E-state index in [9.17, 15) is 55.5 Å². The van der Waals surface area contributed by atoms with Gasteiger partial charge in [0.25, 0.3) is 0 Å². The van der Waals surface area contributed by atoms with Crippen molar-refractivity contribution in [3.63, 3.8) is 0 Å². The molecule has 17 nitrogen and oxygen atoms in total. The number of hydrogen-bond donors (Lipinski definition) is 10. The summed E-state index contributed by atoms with van der Waals surface area (Å²) >= 11 is 0. The minimum atomic E-state index is -1.73. The predicted octanol–water partition coefficient (Wildman–Crippen LogP) is 2.15. The maximum Gasteiger partial charge on any atom is 0.311 e. The van der Waals surface area contributed by atoms with E-state index >= 15 is 0 Å². The summed E-state index contributed by atoms with van der Waals surface area (Å²) in [6.45, 7) is 5.12. The summed E-state index contributed by atoms with van der Waals surface area (Å²) in [5.41, 5.74) is 6.15. The minimum absolute atomic E-state index is 0.0615. The molecule has 0 aliphatic carbocycles. The van der Waals surface area contributed by atoms with Crippen LogP contribution in [0, 0.1) is 11.8 Å². The highest BCUT2D eigenvalue weighted by Crippen LogP contribution is 2.40. The molecule has 17 unspecified atom stereocenters. The molecule has 17 heteroatoms. The normalized spacial score (nSPS) is 40.2. The largest absolute Gasteiger partial charge is 0.481 e. The highest BCUT2D eigenvalue weighted by atomic mass is 16.7. The van der Waals surface area contributed by atoms with E-state index < -0.39 is 116 Å². The second-order valence-electron chi connectivity index (χ2n) is 17.2. The van der Waals surface area contributed by atoms with Crippen molar-refractivity contribution in [3.8, 4) is 0 Å². The maximum absolute atomic E-state index is 12.6. The monoisotopic (exact) mass is 907 g/mol. The van der Waals surface area contributed by atoms with Gasteiger partial charge >= 0.3 is 11.9 Å². The smallest absolute Gasteiger partial charge is 0.311 e. The molecule has 0 saturated carbocycles. The van der Waals surface area contributed by atoms with Crippen LogP contribution in [0.3, 0.4) is 0 Å². The van der Waals surface area contributed by atoms with Crippen molar-refractivity contribution in [2.24, 2.45) is 17.6 Å². The standard InChI is InChI=1S/C47H73NO16/c1-29-17-15-13-11-9-7-5-6-8-10-12-14-16-18-35(63-43-26-36(48)45(57)31(3)62-43)25-41-44(46(58)59)40(55)28-47(60-4,64-41)27-34(51)23-39(54)37(52)20-19-32(49)22-33(50)24-42(56)61-30(2)21-38(29)53/h5-18,29-41,43-45,49-55,57H,19-28,48H2,1-4H3,(H,58,59). The van der Waals surface area contributed by atoms with E-state index in [1.807, 2.05) is 55.5 Å². The first-order chi connectivity index (χ1) is 30.3. The van der Waals surface area contributed by atoms with Crippen molar-refractivity contribution >= 4 is 11.9 Å². The molecule has 0 aromatic rings. The lowest BCUT2D eigenvalue weighted by Gasteiger charge is -2.46. The number of methoxy groups -OCH3 is 1. The van der Waals surface area contributed by atoms with Crippen LogP contribution in [0.4, 0.5) is 0 Å². The summed E-state index contributed by atoms with van der Waals surface area (Å²) in [6, 6.07) is -0.651.